The number of hydrogen-bond donors (Lipinski definition) is 0. The van der Waals surface area contributed by atoms with Crippen molar-refractivity contribution in [1.82, 2.24) is 5.16 Å². The summed E-state index contributed by atoms with van der Waals surface area (Å²) in [6.45, 7) is 1.27. The summed E-state index contributed by atoms with van der Waals surface area (Å²) in [5, 5.41) is 5.09. The van der Waals surface area contributed by atoms with Crippen LogP contribution in [0.5, 0.6) is 0 Å². The Labute approximate surface area is 115 Å². The first-order chi connectivity index (χ1) is 9.92. The van der Waals surface area contributed by atoms with Crippen LogP contribution < -0.4 is 0 Å². The molecule has 1 aliphatic rings. The van der Waals surface area contributed by atoms with Crippen molar-refractivity contribution in [1.29, 1.82) is 0 Å². The molecule has 4 rings (SSSR count). The zero-order valence-corrected chi connectivity index (χ0v) is 10.8. The molecule has 0 aliphatic carbocycles. The van der Waals surface area contributed by atoms with Crippen LogP contribution in [0.3, 0.4) is 0 Å². The van der Waals surface area contributed by atoms with Gasteiger partial charge in [0.15, 0.2) is 12.1 Å². The largest absolute Gasteiger partial charge is 0.355 e. The van der Waals surface area contributed by atoms with Crippen LogP contribution >= 0.6 is 0 Å². The van der Waals surface area contributed by atoms with Crippen LogP contribution in [0.4, 0.5) is 0 Å². The van der Waals surface area contributed by atoms with Crippen LogP contribution in [0.1, 0.15) is 11.9 Å². The van der Waals surface area contributed by atoms with E-state index in [4.69, 9.17) is 14.0 Å². The van der Waals surface area contributed by atoms with Crippen molar-refractivity contribution in [2.24, 2.45) is 0 Å². The predicted molar refractivity (Wildman–Crippen MR) is 74.1 cm³/mol. The Morgan fingerprint density at radius 2 is 1.75 bits per heavy atom. The van der Waals surface area contributed by atoms with Crippen LogP contribution in [-0.2, 0) is 9.47 Å². The van der Waals surface area contributed by atoms with Crippen LogP contribution in [0.15, 0.2) is 53.1 Å². The van der Waals surface area contributed by atoms with Crippen molar-refractivity contribution in [2.45, 2.75) is 6.29 Å². The summed E-state index contributed by atoms with van der Waals surface area (Å²) in [5.74, 6) is 0.778. The van der Waals surface area contributed by atoms with Gasteiger partial charge >= 0.3 is 0 Å². The van der Waals surface area contributed by atoms with E-state index in [-0.39, 0.29) is 6.29 Å². The summed E-state index contributed by atoms with van der Waals surface area (Å²) in [4.78, 5) is 0. The molecule has 0 spiro atoms. The number of ether oxygens (including phenoxy) is 2. The highest BCUT2D eigenvalue weighted by atomic mass is 16.7. The first kappa shape index (κ1) is 11.6. The Hall–Kier alpha value is -2.17. The summed E-state index contributed by atoms with van der Waals surface area (Å²) in [6, 6.07) is 15.9. The maximum atomic E-state index is 5.54. The molecule has 0 amide bonds. The molecule has 100 valence electrons. The van der Waals surface area contributed by atoms with Gasteiger partial charge in [-0.05, 0) is 12.1 Å². The predicted octanol–water partition coefficient (Wildman–Crippen LogP) is 3.54. The maximum Gasteiger partial charge on any atom is 0.184 e. The SMILES string of the molecule is c1ccc(-c2onc3ccc(C4OCCO4)cc23)cc1. The Bertz CT molecular complexity index is 730. The Morgan fingerprint density at radius 1 is 0.950 bits per heavy atom. The number of hydrogen-bond acceptors (Lipinski definition) is 4. The van der Waals surface area contributed by atoms with Gasteiger partial charge in [0.05, 0.1) is 18.6 Å². The van der Waals surface area contributed by atoms with Gasteiger partial charge in [-0.25, -0.2) is 0 Å². The lowest BCUT2D eigenvalue weighted by atomic mass is 10.1. The van der Waals surface area contributed by atoms with Gasteiger partial charge in [0, 0.05) is 11.1 Å². The summed E-state index contributed by atoms with van der Waals surface area (Å²) in [6.07, 6.45) is -0.280. The summed E-state index contributed by atoms with van der Waals surface area (Å²) in [5.41, 5.74) is 2.85. The minimum atomic E-state index is -0.280. The van der Waals surface area contributed by atoms with Gasteiger partial charge in [0.1, 0.15) is 5.52 Å². The van der Waals surface area contributed by atoms with E-state index in [1.54, 1.807) is 0 Å². The fourth-order valence-corrected chi connectivity index (χ4v) is 2.45. The highest BCUT2D eigenvalue weighted by Crippen LogP contribution is 2.32. The summed E-state index contributed by atoms with van der Waals surface area (Å²) in [7, 11) is 0. The molecule has 4 nitrogen and oxygen atoms in total. The van der Waals surface area contributed by atoms with Crippen molar-refractivity contribution in [3.63, 3.8) is 0 Å². The van der Waals surface area contributed by atoms with Crippen LogP contribution in [0.25, 0.3) is 22.2 Å². The molecule has 1 aromatic heterocycles. The van der Waals surface area contributed by atoms with E-state index >= 15 is 0 Å². The zero-order chi connectivity index (χ0) is 13.4. The zero-order valence-electron chi connectivity index (χ0n) is 10.8. The Kier molecular flexibility index (Phi) is 2.76. The normalized spacial score (nSPS) is 16.0. The van der Waals surface area contributed by atoms with Gasteiger partial charge in [-0.3, -0.25) is 0 Å². The van der Waals surface area contributed by atoms with E-state index in [0.717, 1.165) is 27.8 Å². The van der Waals surface area contributed by atoms with Gasteiger partial charge in [0.25, 0.3) is 0 Å². The Morgan fingerprint density at radius 3 is 2.55 bits per heavy atom. The average Bonchev–Trinajstić information content (AvgIpc) is 3.17. The highest BCUT2D eigenvalue weighted by Gasteiger charge is 2.20. The molecule has 1 fully saturated rings. The van der Waals surface area contributed by atoms with Gasteiger partial charge in [-0.2, -0.15) is 0 Å². The third-order valence-electron chi connectivity index (χ3n) is 3.43. The molecule has 0 atom stereocenters. The molecule has 1 aliphatic heterocycles. The lowest BCUT2D eigenvalue weighted by Gasteiger charge is -2.08. The topological polar surface area (TPSA) is 44.5 Å². The number of rotatable bonds is 2. The lowest BCUT2D eigenvalue weighted by molar-refractivity contribution is -0.0440. The van der Waals surface area contributed by atoms with Crippen LogP contribution in [0, 0.1) is 0 Å². The number of aromatic nitrogens is 1. The second kappa shape index (κ2) is 4.74. The minimum Gasteiger partial charge on any atom is -0.355 e. The first-order valence-corrected chi connectivity index (χ1v) is 6.60. The van der Waals surface area contributed by atoms with Crippen molar-refractivity contribution in [3.05, 3.63) is 54.1 Å². The smallest absolute Gasteiger partial charge is 0.184 e. The second-order valence-corrected chi connectivity index (χ2v) is 4.73. The van der Waals surface area contributed by atoms with Crippen LogP contribution in [0.2, 0.25) is 0 Å². The van der Waals surface area contributed by atoms with Gasteiger partial charge < -0.3 is 14.0 Å². The molecule has 0 bridgehead atoms. The molecule has 4 heteroatoms. The van der Waals surface area contributed by atoms with Gasteiger partial charge in [-0.15, -0.1) is 0 Å². The number of fused-ring (bicyclic) bond motifs is 1. The van der Waals surface area contributed by atoms with Crippen molar-refractivity contribution in [2.75, 3.05) is 13.2 Å². The maximum absolute atomic E-state index is 5.54. The van der Waals surface area contributed by atoms with E-state index in [2.05, 4.69) is 5.16 Å². The number of benzene rings is 2. The first-order valence-electron chi connectivity index (χ1n) is 6.60. The molecule has 1 saturated heterocycles. The second-order valence-electron chi connectivity index (χ2n) is 4.73. The van der Waals surface area contributed by atoms with Gasteiger partial charge in [0.2, 0.25) is 0 Å². The summed E-state index contributed by atoms with van der Waals surface area (Å²) < 4.78 is 16.6. The van der Waals surface area contributed by atoms with Crippen molar-refractivity contribution in [3.8, 4) is 11.3 Å². The van der Waals surface area contributed by atoms with E-state index in [1.165, 1.54) is 0 Å². The molecule has 0 saturated carbocycles. The van der Waals surface area contributed by atoms with E-state index in [9.17, 15) is 0 Å². The van der Waals surface area contributed by atoms with Crippen molar-refractivity contribution >= 4 is 10.9 Å². The third-order valence-corrected chi connectivity index (χ3v) is 3.43. The quantitative estimate of drug-likeness (QED) is 0.712. The highest BCUT2D eigenvalue weighted by molar-refractivity contribution is 5.91. The third kappa shape index (κ3) is 1.90. The molecule has 20 heavy (non-hydrogen) atoms. The standard InChI is InChI=1S/C16H13NO3/c1-2-4-11(5-3-1)15-13-10-12(16-18-8-9-19-16)6-7-14(13)17-20-15/h1-7,10,16H,8-9H2. The number of nitrogens with zero attached hydrogens (tertiary/aromatic N) is 1. The molecule has 0 radical (unpaired) electrons. The molecular weight excluding hydrogens is 254 g/mol. The molecule has 2 heterocycles. The average molecular weight is 267 g/mol. The minimum absolute atomic E-state index is 0.280. The Balaban J connectivity index is 1.84. The van der Waals surface area contributed by atoms with Gasteiger partial charge in [-0.1, -0.05) is 41.6 Å². The summed E-state index contributed by atoms with van der Waals surface area (Å²) >= 11 is 0. The molecular formula is C16H13NO3. The molecule has 0 N–H and O–H groups in total. The van der Waals surface area contributed by atoms with E-state index in [1.807, 2.05) is 48.5 Å². The van der Waals surface area contributed by atoms with E-state index in [0.29, 0.717) is 13.2 Å². The lowest BCUT2D eigenvalue weighted by Crippen LogP contribution is -1.97. The fourth-order valence-electron chi connectivity index (χ4n) is 2.45. The molecule has 3 aromatic rings. The molecule has 2 aromatic carbocycles. The monoisotopic (exact) mass is 267 g/mol. The van der Waals surface area contributed by atoms with Crippen LogP contribution in [-0.4, -0.2) is 18.4 Å². The van der Waals surface area contributed by atoms with E-state index < -0.39 is 0 Å². The van der Waals surface area contributed by atoms with Crippen molar-refractivity contribution < 1.29 is 14.0 Å². The fraction of sp³-hybridized carbons (Fsp3) is 0.188. The molecule has 0 unspecified atom stereocenters.